The van der Waals surface area contributed by atoms with Crippen LogP contribution in [0.1, 0.15) is 17.8 Å². The van der Waals surface area contributed by atoms with E-state index in [1.165, 1.54) is 25.5 Å². The molecule has 5 heteroatoms. The Bertz CT molecular complexity index is 427. The van der Waals surface area contributed by atoms with E-state index in [-0.39, 0.29) is 6.42 Å². The summed E-state index contributed by atoms with van der Waals surface area (Å²) in [4.78, 5) is 18.5. The fourth-order valence-corrected chi connectivity index (χ4v) is 1.04. The first kappa shape index (κ1) is 11.9. The molecule has 0 bridgehead atoms. The molecule has 0 aromatic carbocycles. The molecule has 16 heavy (non-hydrogen) atoms. The molecule has 0 saturated carbocycles. The van der Waals surface area contributed by atoms with Gasteiger partial charge in [-0.25, -0.2) is 9.97 Å². The number of aromatic nitrogens is 2. The van der Waals surface area contributed by atoms with Crippen LogP contribution in [0.4, 0.5) is 0 Å². The molecule has 0 spiro atoms. The quantitative estimate of drug-likeness (QED) is 0.816. The van der Waals surface area contributed by atoms with Crippen molar-refractivity contribution in [3.63, 3.8) is 0 Å². The van der Waals surface area contributed by atoms with Gasteiger partial charge in [0.25, 0.3) is 0 Å². The maximum atomic E-state index is 10.3. The highest BCUT2D eigenvalue weighted by atomic mass is 16.5. The number of ether oxygens (including phenoxy) is 1. The molecule has 0 fully saturated rings. The number of carboxylic acids is 1. The van der Waals surface area contributed by atoms with Gasteiger partial charge in [-0.3, -0.25) is 4.79 Å². The van der Waals surface area contributed by atoms with Gasteiger partial charge < -0.3 is 9.84 Å². The third-order valence-electron chi connectivity index (χ3n) is 1.78. The number of nitrogens with zero attached hydrogens (tertiary/aromatic N) is 2. The first-order valence-electron chi connectivity index (χ1n) is 4.59. The zero-order chi connectivity index (χ0) is 12.0. The van der Waals surface area contributed by atoms with E-state index in [9.17, 15) is 4.79 Å². The molecular weight excluding hydrogens is 208 g/mol. The van der Waals surface area contributed by atoms with E-state index < -0.39 is 5.97 Å². The molecule has 1 rings (SSSR count). The molecule has 0 saturated heterocycles. The summed E-state index contributed by atoms with van der Waals surface area (Å²) in [5.74, 6) is -0.497. The minimum atomic E-state index is -0.891. The van der Waals surface area contributed by atoms with Crippen molar-refractivity contribution in [3.05, 3.63) is 30.2 Å². The Hall–Kier alpha value is -2.17. The Morgan fingerprint density at radius 2 is 2.38 bits per heavy atom. The van der Waals surface area contributed by atoms with E-state index in [4.69, 9.17) is 9.84 Å². The predicted molar refractivity (Wildman–Crippen MR) is 60.0 cm³/mol. The molecule has 0 radical (unpaired) electrons. The van der Waals surface area contributed by atoms with Gasteiger partial charge in [-0.15, -0.1) is 0 Å². The van der Waals surface area contributed by atoms with E-state index in [0.29, 0.717) is 17.3 Å². The van der Waals surface area contributed by atoms with Gasteiger partial charge >= 0.3 is 5.97 Å². The SMILES string of the molecule is C=Cc1nc(OC)cnc1/C=C\CC(=O)O. The molecule has 1 heterocycles. The second kappa shape index (κ2) is 5.65. The maximum Gasteiger partial charge on any atom is 0.307 e. The molecule has 1 N–H and O–H groups in total. The third-order valence-corrected chi connectivity index (χ3v) is 1.78. The number of rotatable bonds is 5. The molecule has 1 aromatic heterocycles. The van der Waals surface area contributed by atoms with Gasteiger partial charge in [-0.2, -0.15) is 0 Å². The number of carboxylic acid groups (broad SMARTS) is 1. The van der Waals surface area contributed by atoms with Crippen molar-refractivity contribution in [1.29, 1.82) is 0 Å². The van der Waals surface area contributed by atoms with Gasteiger partial charge in [0.1, 0.15) is 0 Å². The van der Waals surface area contributed by atoms with Gasteiger partial charge in [0.05, 0.1) is 31.1 Å². The van der Waals surface area contributed by atoms with Crippen LogP contribution in [0.15, 0.2) is 18.9 Å². The minimum absolute atomic E-state index is 0.0513. The van der Waals surface area contributed by atoms with Crippen LogP contribution in [-0.4, -0.2) is 28.2 Å². The van der Waals surface area contributed by atoms with Crippen molar-refractivity contribution in [1.82, 2.24) is 9.97 Å². The topological polar surface area (TPSA) is 72.3 Å². The monoisotopic (exact) mass is 220 g/mol. The Kier molecular flexibility index (Phi) is 4.20. The first-order valence-corrected chi connectivity index (χ1v) is 4.59. The highest BCUT2D eigenvalue weighted by Crippen LogP contribution is 2.12. The average Bonchev–Trinajstić information content (AvgIpc) is 2.29. The number of carbonyl (C=O) groups is 1. The smallest absolute Gasteiger partial charge is 0.307 e. The summed E-state index contributed by atoms with van der Waals surface area (Å²) < 4.78 is 4.91. The summed E-state index contributed by atoms with van der Waals surface area (Å²) in [6.45, 7) is 3.60. The van der Waals surface area contributed by atoms with Crippen LogP contribution >= 0.6 is 0 Å². The van der Waals surface area contributed by atoms with E-state index >= 15 is 0 Å². The van der Waals surface area contributed by atoms with Gasteiger partial charge in [0.15, 0.2) is 0 Å². The van der Waals surface area contributed by atoms with Crippen LogP contribution in [0, 0.1) is 0 Å². The van der Waals surface area contributed by atoms with E-state index in [0.717, 1.165) is 0 Å². The standard InChI is InChI=1S/C11H12N2O3/c1-3-8-9(5-4-6-11(14)15)12-7-10(13-8)16-2/h3-5,7H,1,6H2,2H3,(H,14,15)/b5-4-. The van der Waals surface area contributed by atoms with E-state index in [1.54, 1.807) is 6.08 Å². The second-order valence-corrected chi connectivity index (χ2v) is 2.89. The maximum absolute atomic E-state index is 10.3. The first-order chi connectivity index (χ1) is 7.67. The Morgan fingerprint density at radius 3 is 2.94 bits per heavy atom. The fourth-order valence-electron chi connectivity index (χ4n) is 1.04. The molecule has 5 nitrogen and oxygen atoms in total. The lowest BCUT2D eigenvalue weighted by Crippen LogP contribution is -1.96. The molecule has 0 amide bonds. The van der Waals surface area contributed by atoms with E-state index in [1.807, 2.05) is 0 Å². The molecular formula is C11H12N2O3. The van der Waals surface area contributed by atoms with Gasteiger partial charge in [-0.1, -0.05) is 12.7 Å². The highest BCUT2D eigenvalue weighted by molar-refractivity contribution is 5.70. The summed E-state index contributed by atoms with van der Waals surface area (Å²) in [5.41, 5.74) is 1.12. The molecule has 0 unspecified atom stereocenters. The van der Waals surface area contributed by atoms with Crippen molar-refractivity contribution >= 4 is 18.1 Å². The lowest BCUT2D eigenvalue weighted by molar-refractivity contribution is -0.135. The Labute approximate surface area is 93.1 Å². The molecule has 0 aliphatic rings. The Balaban J connectivity index is 2.91. The lowest BCUT2D eigenvalue weighted by Gasteiger charge is -2.02. The van der Waals surface area contributed by atoms with Crippen LogP contribution in [0.2, 0.25) is 0 Å². The summed E-state index contributed by atoms with van der Waals surface area (Å²) >= 11 is 0. The van der Waals surface area contributed by atoms with Crippen LogP contribution < -0.4 is 4.74 Å². The molecule has 0 aliphatic heterocycles. The van der Waals surface area contributed by atoms with Crippen LogP contribution in [0.25, 0.3) is 12.2 Å². The van der Waals surface area contributed by atoms with Gasteiger partial charge in [0.2, 0.25) is 5.88 Å². The van der Waals surface area contributed by atoms with Crippen LogP contribution in [-0.2, 0) is 4.79 Å². The summed E-state index contributed by atoms with van der Waals surface area (Å²) in [5, 5.41) is 8.47. The fraction of sp³-hybridized carbons (Fsp3) is 0.182. The van der Waals surface area contributed by atoms with Crippen LogP contribution in [0.5, 0.6) is 5.88 Å². The minimum Gasteiger partial charge on any atom is -0.481 e. The van der Waals surface area contributed by atoms with Crippen LogP contribution in [0.3, 0.4) is 0 Å². The predicted octanol–water partition coefficient (Wildman–Crippen LogP) is 1.62. The molecule has 0 atom stereocenters. The van der Waals surface area contributed by atoms with Crippen molar-refractivity contribution in [3.8, 4) is 5.88 Å². The summed E-state index contributed by atoms with van der Waals surface area (Å²) in [6.07, 6.45) is 6.05. The van der Waals surface area contributed by atoms with Crippen molar-refractivity contribution in [2.24, 2.45) is 0 Å². The lowest BCUT2D eigenvalue weighted by atomic mass is 10.2. The van der Waals surface area contributed by atoms with Gasteiger partial charge in [-0.05, 0) is 12.2 Å². The summed E-state index contributed by atoms with van der Waals surface area (Å²) in [7, 11) is 1.50. The Morgan fingerprint density at radius 1 is 1.62 bits per heavy atom. The zero-order valence-corrected chi connectivity index (χ0v) is 8.88. The average molecular weight is 220 g/mol. The van der Waals surface area contributed by atoms with Crippen molar-refractivity contribution in [2.75, 3.05) is 7.11 Å². The molecule has 1 aromatic rings. The van der Waals surface area contributed by atoms with E-state index in [2.05, 4.69) is 16.5 Å². The number of hydrogen-bond acceptors (Lipinski definition) is 4. The largest absolute Gasteiger partial charge is 0.481 e. The number of aliphatic carboxylic acids is 1. The number of methoxy groups -OCH3 is 1. The van der Waals surface area contributed by atoms with Gasteiger partial charge in [0, 0.05) is 0 Å². The normalized spacial score (nSPS) is 10.3. The highest BCUT2D eigenvalue weighted by Gasteiger charge is 2.02. The molecule has 84 valence electrons. The van der Waals surface area contributed by atoms with Crippen molar-refractivity contribution < 1.29 is 14.6 Å². The molecule has 0 aliphatic carbocycles. The zero-order valence-electron chi connectivity index (χ0n) is 8.88. The van der Waals surface area contributed by atoms with Crippen molar-refractivity contribution in [2.45, 2.75) is 6.42 Å². The third kappa shape index (κ3) is 3.20. The number of hydrogen-bond donors (Lipinski definition) is 1. The second-order valence-electron chi connectivity index (χ2n) is 2.89. The summed E-state index contributed by atoms with van der Waals surface area (Å²) in [6, 6.07) is 0.